The van der Waals surface area contributed by atoms with E-state index in [-0.39, 0.29) is 18.0 Å². The van der Waals surface area contributed by atoms with Gasteiger partial charge in [0.25, 0.3) is 5.91 Å². The molecule has 0 spiro atoms. The SMILES string of the molecule is CCC[C@@H]1NC2=C(C[C@@H]1C(=O)O)C(=O)N(C1CCN(CC3C[C@H](C4CC4)C(C4=CC[C@H](F)CC4)=C[C@@H]3C)CC1)CC2. The molecule has 6 aliphatic rings. The van der Waals surface area contributed by atoms with Crippen LogP contribution in [0.2, 0.25) is 0 Å². The number of carboxylic acid groups (broad SMARTS) is 1. The van der Waals surface area contributed by atoms with Crippen molar-refractivity contribution >= 4 is 11.9 Å². The van der Waals surface area contributed by atoms with Crippen molar-refractivity contribution < 1.29 is 19.1 Å². The third-order valence-electron chi connectivity index (χ3n) is 11.2. The molecule has 0 bridgehead atoms. The molecule has 1 saturated heterocycles. The van der Waals surface area contributed by atoms with Crippen LogP contribution in [-0.2, 0) is 9.59 Å². The summed E-state index contributed by atoms with van der Waals surface area (Å²) in [6, 6.07) is 0.171. The number of hydrogen-bond acceptors (Lipinski definition) is 4. The van der Waals surface area contributed by atoms with Crippen molar-refractivity contribution in [2.24, 2.45) is 29.6 Å². The number of halogens is 1. The van der Waals surface area contributed by atoms with E-state index in [2.05, 4.69) is 41.1 Å². The van der Waals surface area contributed by atoms with Crippen LogP contribution in [-0.4, -0.2) is 71.2 Å². The summed E-state index contributed by atoms with van der Waals surface area (Å²) >= 11 is 0. The summed E-state index contributed by atoms with van der Waals surface area (Å²) in [6.45, 7) is 8.36. The van der Waals surface area contributed by atoms with E-state index in [0.29, 0.717) is 37.0 Å². The van der Waals surface area contributed by atoms with Crippen molar-refractivity contribution in [1.82, 2.24) is 15.1 Å². The number of allylic oxidation sites excluding steroid dienone is 4. The molecule has 0 aromatic rings. The second kappa shape index (κ2) is 12.2. The molecule has 3 heterocycles. The fourth-order valence-electron chi connectivity index (χ4n) is 8.59. The Morgan fingerprint density at radius 2 is 1.90 bits per heavy atom. The molecule has 0 aromatic heterocycles. The van der Waals surface area contributed by atoms with Crippen LogP contribution in [0, 0.1) is 29.6 Å². The molecule has 0 aromatic carbocycles. The van der Waals surface area contributed by atoms with Crippen LogP contribution < -0.4 is 5.32 Å². The number of likely N-dealkylation sites (tertiary alicyclic amines) is 1. The van der Waals surface area contributed by atoms with Crippen LogP contribution >= 0.6 is 0 Å². The fourth-order valence-corrected chi connectivity index (χ4v) is 8.59. The zero-order chi connectivity index (χ0) is 28.7. The monoisotopic (exact) mass is 567 g/mol. The number of carboxylic acids is 1. The molecule has 1 saturated carbocycles. The van der Waals surface area contributed by atoms with Crippen LogP contribution in [0.1, 0.15) is 90.9 Å². The first-order chi connectivity index (χ1) is 19.8. The highest BCUT2D eigenvalue weighted by atomic mass is 19.1. The largest absolute Gasteiger partial charge is 0.481 e. The van der Waals surface area contributed by atoms with Gasteiger partial charge in [0.1, 0.15) is 6.17 Å². The molecule has 41 heavy (non-hydrogen) atoms. The molecular formula is C34H50FN3O3. The van der Waals surface area contributed by atoms with Crippen LogP contribution in [0.25, 0.3) is 0 Å². The smallest absolute Gasteiger partial charge is 0.308 e. The number of nitrogens with zero attached hydrogens (tertiary/aromatic N) is 2. The second-order valence-electron chi connectivity index (χ2n) is 13.9. The summed E-state index contributed by atoms with van der Waals surface area (Å²) in [4.78, 5) is 30.3. The molecule has 6 atom stereocenters. The highest BCUT2D eigenvalue weighted by Crippen LogP contribution is 2.50. The number of amides is 1. The van der Waals surface area contributed by atoms with Gasteiger partial charge in [-0.15, -0.1) is 0 Å². The molecule has 1 unspecified atom stereocenters. The Balaban J connectivity index is 1.05. The van der Waals surface area contributed by atoms with E-state index in [4.69, 9.17) is 0 Å². The average Bonchev–Trinajstić information content (AvgIpc) is 3.81. The lowest BCUT2D eigenvalue weighted by Gasteiger charge is -2.45. The van der Waals surface area contributed by atoms with Gasteiger partial charge in [0.2, 0.25) is 0 Å². The number of piperidine rings is 1. The van der Waals surface area contributed by atoms with Crippen molar-refractivity contribution in [3.63, 3.8) is 0 Å². The highest BCUT2D eigenvalue weighted by Gasteiger charge is 2.43. The summed E-state index contributed by atoms with van der Waals surface area (Å²) in [7, 11) is 0. The molecule has 3 aliphatic carbocycles. The predicted molar refractivity (Wildman–Crippen MR) is 159 cm³/mol. The lowest BCUT2D eigenvalue weighted by atomic mass is 9.70. The highest BCUT2D eigenvalue weighted by molar-refractivity contribution is 5.96. The zero-order valence-corrected chi connectivity index (χ0v) is 25.1. The topological polar surface area (TPSA) is 72.9 Å². The number of aliphatic carboxylic acids is 1. The molecule has 3 aliphatic heterocycles. The van der Waals surface area contributed by atoms with Gasteiger partial charge in [0.15, 0.2) is 0 Å². The normalized spacial score (nSPS) is 35.5. The summed E-state index contributed by atoms with van der Waals surface area (Å²) < 4.78 is 13.8. The zero-order valence-electron chi connectivity index (χ0n) is 25.1. The molecule has 2 fully saturated rings. The maximum absolute atomic E-state index is 13.8. The van der Waals surface area contributed by atoms with Gasteiger partial charge >= 0.3 is 5.97 Å². The number of rotatable bonds is 8. The van der Waals surface area contributed by atoms with E-state index >= 15 is 0 Å². The maximum atomic E-state index is 13.8. The van der Waals surface area contributed by atoms with Gasteiger partial charge in [0.05, 0.1) is 5.92 Å². The summed E-state index contributed by atoms with van der Waals surface area (Å²) in [5.74, 6) is 1.41. The minimum absolute atomic E-state index is 0.0698. The van der Waals surface area contributed by atoms with Crippen molar-refractivity contribution in [2.45, 2.75) is 109 Å². The van der Waals surface area contributed by atoms with E-state index in [1.54, 1.807) is 5.57 Å². The molecule has 6 rings (SSSR count). The molecule has 2 N–H and O–H groups in total. The second-order valence-corrected chi connectivity index (χ2v) is 13.9. The Morgan fingerprint density at radius 3 is 2.56 bits per heavy atom. The Kier molecular flexibility index (Phi) is 8.63. The van der Waals surface area contributed by atoms with Crippen molar-refractivity contribution in [2.75, 3.05) is 26.2 Å². The van der Waals surface area contributed by atoms with Gasteiger partial charge < -0.3 is 20.2 Å². The van der Waals surface area contributed by atoms with Gasteiger partial charge in [-0.3, -0.25) is 9.59 Å². The van der Waals surface area contributed by atoms with Gasteiger partial charge in [0, 0.05) is 56.0 Å². The number of carbonyl (C=O) groups is 2. The van der Waals surface area contributed by atoms with E-state index in [1.807, 2.05) is 0 Å². The Hall–Kier alpha value is -2.15. The summed E-state index contributed by atoms with van der Waals surface area (Å²) in [5.41, 5.74) is 4.72. The number of hydrogen-bond donors (Lipinski definition) is 2. The maximum Gasteiger partial charge on any atom is 0.308 e. The Labute approximate surface area is 245 Å². The quantitative estimate of drug-likeness (QED) is 0.385. The molecule has 0 radical (unpaired) electrons. The number of nitrogens with one attached hydrogen (secondary N) is 1. The fraction of sp³-hybridized carbons (Fsp3) is 0.765. The Bertz CT molecular complexity index is 1100. The summed E-state index contributed by atoms with van der Waals surface area (Å²) in [6.07, 6.45) is 15.1. The van der Waals surface area contributed by atoms with E-state index in [1.165, 1.54) is 24.8 Å². The first-order valence-electron chi connectivity index (χ1n) is 16.6. The first kappa shape index (κ1) is 28.9. The standard InChI is InChI=1S/C34H50FN3O3/c1-3-4-31-30(34(40)41)19-29-32(36-31)13-16-38(33(29)39)26-11-14-37(15-12-26)20-24-18-28(22-5-6-22)27(17-21(24)2)23-7-9-25(35)10-8-23/h7,17,21-22,24-26,28,30-31,36H,3-6,8-16,18-20H2,1-2H3,(H,40,41)/t21-,24?,25-,28+,30-,31-/m0/s1. The number of carbonyl (C=O) groups excluding carboxylic acids is 1. The van der Waals surface area contributed by atoms with Crippen LogP contribution in [0.4, 0.5) is 4.39 Å². The third kappa shape index (κ3) is 6.16. The summed E-state index contributed by atoms with van der Waals surface area (Å²) in [5, 5.41) is 13.3. The lowest BCUT2D eigenvalue weighted by Crippen LogP contribution is -2.54. The Morgan fingerprint density at radius 1 is 1.12 bits per heavy atom. The van der Waals surface area contributed by atoms with Crippen molar-refractivity contribution in [3.05, 3.63) is 34.6 Å². The predicted octanol–water partition coefficient (Wildman–Crippen LogP) is 5.86. The first-order valence-corrected chi connectivity index (χ1v) is 16.6. The van der Waals surface area contributed by atoms with E-state index in [0.717, 1.165) is 81.9 Å². The van der Waals surface area contributed by atoms with E-state index < -0.39 is 18.1 Å². The molecule has 7 heteroatoms. The van der Waals surface area contributed by atoms with Gasteiger partial charge in [-0.2, -0.15) is 0 Å². The van der Waals surface area contributed by atoms with Gasteiger partial charge in [-0.25, -0.2) is 4.39 Å². The molecule has 226 valence electrons. The van der Waals surface area contributed by atoms with Crippen molar-refractivity contribution in [3.8, 4) is 0 Å². The molecule has 6 nitrogen and oxygen atoms in total. The molecular weight excluding hydrogens is 517 g/mol. The van der Waals surface area contributed by atoms with Crippen molar-refractivity contribution in [1.29, 1.82) is 0 Å². The average molecular weight is 568 g/mol. The third-order valence-corrected chi connectivity index (χ3v) is 11.2. The van der Waals surface area contributed by atoms with Crippen LogP contribution in [0.5, 0.6) is 0 Å². The minimum atomic E-state index is -0.799. The van der Waals surface area contributed by atoms with Crippen LogP contribution in [0.3, 0.4) is 0 Å². The van der Waals surface area contributed by atoms with E-state index in [9.17, 15) is 19.1 Å². The lowest BCUT2D eigenvalue weighted by molar-refractivity contribution is -0.143. The van der Waals surface area contributed by atoms with Gasteiger partial charge in [-0.1, -0.05) is 32.4 Å². The van der Waals surface area contributed by atoms with Gasteiger partial charge in [-0.05, 0) is 99.0 Å². The molecule has 1 amide bonds. The number of alkyl halides is 1. The minimum Gasteiger partial charge on any atom is -0.481 e. The van der Waals surface area contributed by atoms with Crippen LogP contribution in [0.15, 0.2) is 34.6 Å².